The number of benzene rings is 3. The zero-order valence-corrected chi connectivity index (χ0v) is 18.4. The highest BCUT2D eigenvalue weighted by Gasteiger charge is 2.21. The molecular weight excluding hydrogens is 405 g/mol. The van der Waals surface area contributed by atoms with Crippen LogP contribution in [0.3, 0.4) is 0 Å². The second kappa shape index (κ2) is 9.40. The molecule has 3 N–H and O–H groups in total. The minimum absolute atomic E-state index is 0.101. The number of hydrogen-bond acceptors (Lipinski definition) is 4. The first-order chi connectivity index (χ1) is 15.5. The van der Waals surface area contributed by atoms with Crippen molar-refractivity contribution >= 4 is 17.3 Å². The molecule has 1 saturated heterocycles. The van der Waals surface area contributed by atoms with E-state index in [1.165, 1.54) is 19.1 Å². The molecule has 3 aromatic rings. The first-order valence-electron chi connectivity index (χ1n) is 10.9. The number of amides is 1. The van der Waals surface area contributed by atoms with E-state index in [4.69, 9.17) is 0 Å². The lowest BCUT2D eigenvalue weighted by Gasteiger charge is -2.37. The first kappa shape index (κ1) is 21.8. The monoisotopic (exact) mass is 433 g/mol. The van der Waals surface area contributed by atoms with Gasteiger partial charge in [0.25, 0.3) is 0 Å². The summed E-state index contributed by atoms with van der Waals surface area (Å²) in [6, 6.07) is 18.6. The Labute approximate surface area is 187 Å². The van der Waals surface area contributed by atoms with E-state index in [1.807, 2.05) is 24.3 Å². The maximum absolute atomic E-state index is 14.5. The Bertz CT molecular complexity index is 1130. The number of halogens is 1. The number of phenols is 1. The predicted octanol–water partition coefficient (Wildman–Crippen LogP) is 5.01. The van der Waals surface area contributed by atoms with Crippen molar-refractivity contribution in [3.8, 4) is 28.0 Å². The Morgan fingerprint density at radius 2 is 1.84 bits per heavy atom. The molecule has 1 heterocycles. The van der Waals surface area contributed by atoms with E-state index in [1.54, 1.807) is 12.1 Å². The van der Waals surface area contributed by atoms with Crippen LogP contribution in [-0.2, 0) is 4.79 Å². The van der Waals surface area contributed by atoms with Gasteiger partial charge in [-0.25, -0.2) is 4.39 Å². The summed E-state index contributed by atoms with van der Waals surface area (Å²) in [6.45, 7) is 6.37. The van der Waals surface area contributed by atoms with E-state index in [-0.39, 0.29) is 17.3 Å². The molecule has 5 nitrogen and oxygen atoms in total. The second-order valence-electron chi connectivity index (χ2n) is 8.09. The SMILES string of the molecule is CC[C@H]1CNCCN1c1cccc(-c2cccc(-c3ccc(NC(C)=O)c(F)c3)c2O)c1. The molecule has 0 bridgehead atoms. The fourth-order valence-corrected chi connectivity index (χ4v) is 4.30. The Hall–Kier alpha value is -3.38. The number of aromatic hydroxyl groups is 1. The van der Waals surface area contributed by atoms with Crippen molar-refractivity contribution < 1.29 is 14.3 Å². The Morgan fingerprint density at radius 3 is 2.53 bits per heavy atom. The zero-order valence-electron chi connectivity index (χ0n) is 18.4. The highest BCUT2D eigenvalue weighted by atomic mass is 19.1. The van der Waals surface area contributed by atoms with Crippen molar-refractivity contribution in [2.75, 3.05) is 29.9 Å². The molecule has 1 aliphatic rings. The molecule has 1 amide bonds. The van der Waals surface area contributed by atoms with Crippen molar-refractivity contribution in [1.29, 1.82) is 0 Å². The van der Waals surface area contributed by atoms with Crippen molar-refractivity contribution in [1.82, 2.24) is 5.32 Å². The topological polar surface area (TPSA) is 64.6 Å². The van der Waals surface area contributed by atoms with Crippen LogP contribution in [0.5, 0.6) is 5.75 Å². The third-order valence-electron chi connectivity index (χ3n) is 5.94. The van der Waals surface area contributed by atoms with Gasteiger partial charge < -0.3 is 20.6 Å². The van der Waals surface area contributed by atoms with E-state index < -0.39 is 5.82 Å². The number of phenolic OH excluding ortho intramolecular Hbond substituents is 1. The molecule has 0 spiro atoms. The normalized spacial score (nSPS) is 16.1. The number of carbonyl (C=O) groups is 1. The lowest BCUT2D eigenvalue weighted by molar-refractivity contribution is -0.114. The molecule has 0 saturated carbocycles. The summed E-state index contributed by atoms with van der Waals surface area (Å²) in [6.07, 6.45) is 1.05. The minimum atomic E-state index is -0.547. The summed E-state index contributed by atoms with van der Waals surface area (Å²) < 4.78 is 14.5. The highest BCUT2D eigenvalue weighted by molar-refractivity contribution is 5.89. The molecular formula is C26H28FN3O2. The fourth-order valence-electron chi connectivity index (χ4n) is 4.30. The van der Waals surface area contributed by atoms with Crippen molar-refractivity contribution in [3.05, 3.63) is 66.5 Å². The molecule has 1 aliphatic heterocycles. The standard InChI is InChI=1S/C26H28FN3O2/c1-3-20-16-28-12-13-30(20)21-7-4-6-18(14-21)22-8-5-9-23(26(22)32)19-10-11-25(24(27)15-19)29-17(2)31/h4-11,14-15,20,28,32H,3,12-13,16H2,1-2H3,(H,29,31)/t20-/m0/s1. The van der Waals surface area contributed by atoms with Gasteiger partial charge in [-0.3, -0.25) is 4.79 Å². The summed E-state index contributed by atoms with van der Waals surface area (Å²) in [4.78, 5) is 13.6. The smallest absolute Gasteiger partial charge is 0.221 e. The molecule has 1 atom stereocenters. The lowest BCUT2D eigenvalue weighted by atomic mass is 9.96. The number of hydrogen-bond donors (Lipinski definition) is 3. The molecule has 166 valence electrons. The van der Waals surface area contributed by atoms with Gasteiger partial charge in [0.2, 0.25) is 5.91 Å². The molecule has 0 aliphatic carbocycles. The third kappa shape index (κ3) is 4.46. The van der Waals surface area contributed by atoms with Crippen LogP contribution in [0.1, 0.15) is 20.3 Å². The maximum atomic E-state index is 14.5. The Kier molecular flexibility index (Phi) is 6.42. The minimum Gasteiger partial charge on any atom is -0.507 e. The number of carbonyl (C=O) groups excluding carboxylic acids is 1. The third-order valence-corrected chi connectivity index (χ3v) is 5.94. The summed E-state index contributed by atoms with van der Waals surface area (Å²) in [5.41, 5.74) is 3.93. The van der Waals surface area contributed by atoms with E-state index in [0.29, 0.717) is 22.7 Å². The van der Waals surface area contributed by atoms with Crippen LogP contribution in [0.15, 0.2) is 60.7 Å². The quantitative estimate of drug-likeness (QED) is 0.529. The van der Waals surface area contributed by atoms with Gasteiger partial charge >= 0.3 is 0 Å². The zero-order chi connectivity index (χ0) is 22.7. The van der Waals surface area contributed by atoms with Crippen molar-refractivity contribution in [2.45, 2.75) is 26.3 Å². The van der Waals surface area contributed by atoms with E-state index >= 15 is 0 Å². The van der Waals surface area contributed by atoms with E-state index in [9.17, 15) is 14.3 Å². The molecule has 1 fully saturated rings. The van der Waals surface area contributed by atoms with Crippen LogP contribution in [-0.4, -0.2) is 36.7 Å². The number of piperazine rings is 1. The number of nitrogens with zero attached hydrogens (tertiary/aromatic N) is 1. The molecule has 0 radical (unpaired) electrons. The van der Waals surface area contributed by atoms with E-state index in [0.717, 1.165) is 37.3 Å². The van der Waals surface area contributed by atoms with Gasteiger partial charge in [0.1, 0.15) is 11.6 Å². The van der Waals surface area contributed by atoms with Crippen LogP contribution in [0, 0.1) is 5.82 Å². The molecule has 4 rings (SSSR count). The number of para-hydroxylation sites is 1. The Morgan fingerprint density at radius 1 is 1.12 bits per heavy atom. The van der Waals surface area contributed by atoms with Gasteiger partial charge in [-0.05, 0) is 41.8 Å². The summed E-state index contributed by atoms with van der Waals surface area (Å²) >= 11 is 0. The Balaban J connectivity index is 1.69. The number of rotatable bonds is 5. The molecule has 3 aromatic carbocycles. The maximum Gasteiger partial charge on any atom is 0.221 e. The number of anilines is 2. The molecule has 32 heavy (non-hydrogen) atoms. The second-order valence-corrected chi connectivity index (χ2v) is 8.09. The van der Waals surface area contributed by atoms with Crippen LogP contribution in [0.2, 0.25) is 0 Å². The van der Waals surface area contributed by atoms with Crippen LogP contribution < -0.4 is 15.5 Å². The van der Waals surface area contributed by atoms with Gasteiger partial charge in [0.15, 0.2) is 0 Å². The van der Waals surface area contributed by atoms with Gasteiger partial charge in [0, 0.05) is 49.4 Å². The van der Waals surface area contributed by atoms with Crippen LogP contribution in [0.4, 0.5) is 15.8 Å². The van der Waals surface area contributed by atoms with Gasteiger partial charge in [-0.1, -0.05) is 43.3 Å². The highest BCUT2D eigenvalue weighted by Crippen LogP contribution is 2.39. The molecule has 6 heteroatoms. The fraction of sp³-hybridized carbons (Fsp3) is 0.269. The summed E-state index contributed by atoms with van der Waals surface area (Å²) in [5, 5.41) is 17.0. The largest absolute Gasteiger partial charge is 0.507 e. The first-order valence-corrected chi connectivity index (χ1v) is 10.9. The predicted molar refractivity (Wildman–Crippen MR) is 128 cm³/mol. The van der Waals surface area contributed by atoms with Gasteiger partial charge in [0.05, 0.1) is 5.69 Å². The average molecular weight is 434 g/mol. The van der Waals surface area contributed by atoms with Gasteiger partial charge in [-0.2, -0.15) is 0 Å². The van der Waals surface area contributed by atoms with E-state index in [2.05, 4.69) is 34.6 Å². The summed E-state index contributed by atoms with van der Waals surface area (Å²) in [7, 11) is 0. The lowest BCUT2D eigenvalue weighted by Crippen LogP contribution is -2.51. The van der Waals surface area contributed by atoms with Crippen LogP contribution >= 0.6 is 0 Å². The average Bonchev–Trinajstić information content (AvgIpc) is 2.80. The number of nitrogens with one attached hydrogen (secondary N) is 2. The van der Waals surface area contributed by atoms with Crippen LogP contribution in [0.25, 0.3) is 22.3 Å². The molecule has 0 aromatic heterocycles. The summed E-state index contributed by atoms with van der Waals surface area (Å²) in [5.74, 6) is -0.784. The van der Waals surface area contributed by atoms with Crippen molar-refractivity contribution in [3.63, 3.8) is 0 Å². The van der Waals surface area contributed by atoms with Crippen molar-refractivity contribution in [2.24, 2.45) is 0 Å². The molecule has 0 unspecified atom stereocenters. The van der Waals surface area contributed by atoms with Gasteiger partial charge in [-0.15, -0.1) is 0 Å².